The molecule has 7 nitrogen and oxygen atoms in total. The number of aromatic nitrogens is 2. The quantitative estimate of drug-likeness (QED) is 0.829. The van der Waals surface area contributed by atoms with Crippen LogP contribution in [0.4, 0.5) is 17.2 Å². The van der Waals surface area contributed by atoms with E-state index >= 15 is 0 Å². The zero-order valence-electron chi connectivity index (χ0n) is 16.3. The van der Waals surface area contributed by atoms with Crippen molar-refractivity contribution in [2.75, 3.05) is 49.6 Å². The smallest absolute Gasteiger partial charge is 0.161 e. The molecule has 3 aliphatic rings. The van der Waals surface area contributed by atoms with E-state index in [1.54, 1.807) is 0 Å². The normalized spacial score (nSPS) is 22.5. The minimum absolute atomic E-state index is 0.109. The van der Waals surface area contributed by atoms with Gasteiger partial charge in [-0.2, -0.15) is 0 Å². The van der Waals surface area contributed by atoms with Crippen molar-refractivity contribution in [3.8, 4) is 5.75 Å². The second kappa shape index (κ2) is 7.56. The number of hydrogen-bond donors (Lipinski definition) is 2. The number of piperidine rings is 1. The molecule has 5 heterocycles. The van der Waals surface area contributed by atoms with Gasteiger partial charge in [-0.25, -0.2) is 4.98 Å². The van der Waals surface area contributed by atoms with Gasteiger partial charge in [0.1, 0.15) is 11.9 Å². The zero-order valence-corrected chi connectivity index (χ0v) is 16.3. The Labute approximate surface area is 165 Å². The Kier molecular flexibility index (Phi) is 4.78. The van der Waals surface area contributed by atoms with Gasteiger partial charge in [0.2, 0.25) is 0 Å². The topological polar surface area (TPSA) is 71.5 Å². The summed E-state index contributed by atoms with van der Waals surface area (Å²) >= 11 is 0. The molecule has 1 atom stereocenters. The molecule has 2 aromatic rings. The first kappa shape index (κ1) is 17.7. The third-order valence-corrected chi connectivity index (χ3v) is 5.93. The largest absolute Gasteiger partial charge is 0.482 e. The molecule has 0 saturated carbocycles. The van der Waals surface area contributed by atoms with Crippen LogP contribution in [-0.4, -0.2) is 49.4 Å². The Morgan fingerprint density at radius 3 is 2.79 bits per heavy atom. The van der Waals surface area contributed by atoms with Crippen molar-refractivity contribution >= 4 is 17.2 Å². The molecule has 1 unspecified atom stereocenters. The highest BCUT2D eigenvalue weighted by Crippen LogP contribution is 2.42. The third-order valence-electron chi connectivity index (χ3n) is 5.93. The molecule has 7 heteroatoms. The number of hydrogen-bond acceptors (Lipinski definition) is 7. The lowest BCUT2D eigenvalue weighted by molar-refractivity contribution is 0.122. The van der Waals surface area contributed by atoms with Gasteiger partial charge < -0.3 is 25.0 Å². The van der Waals surface area contributed by atoms with Gasteiger partial charge in [-0.15, -0.1) is 0 Å². The predicted molar refractivity (Wildman–Crippen MR) is 109 cm³/mol. The molecular weight excluding hydrogens is 354 g/mol. The van der Waals surface area contributed by atoms with E-state index in [1.807, 2.05) is 12.4 Å². The van der Waals surface area contributed by atoms with Crippen LogP contribution in [0.1, 0.15) is 43.0 Å². The maximum atomic E-state index is 6.32. The number of ether oxygens (including phenoxy) is 2. The minimum Gasteiger partial charge on any atom is -0.482 e. The molecule has 3 aliphatic heterocycles. The van der Waals surface area contributed by atoms with Gasteiger partial charge in [0.25, 0.3) is 0 Å². The van der Waals surface area contributed by atoms with E-state index in [0.29, 0.717) is 5.92 Å². The van der Waals surface area contributed by atoms with Gasteiger partial charge in [0.15, 0.2) is 5.75 Å². The van der Waals surface area contributed by atoms with Crippen LogP contribution in [0, 0.1) is 0 Å². The monoisotopic (exact) mass is 381 g/mol. The van der Waals surface area contributed by atoms with Crippen molar-refractivity contribution in [2.24, 2.45) is 0 Å². The first-order chi connectivity index (χ1) is 13.8. The van der Waals surface area contributed by atoms with Crippen molar-refractivity contribution in [2.45, 2.75) is 31.8 Å². The van der Waals surface area contributed by atoms with Crippen LogP contribution in [0.2, 0.25) is 0 Å². The van der Waals surface area contributed by atoms with E-state index in [1.165, 1.54) is 5.69 Å². The van der Waals surface area contributed by atoms with Gasteiger partial charge in [-0.3, -0.25) is 4.98 Å². The molecule has 2 aromatic heterocycles. The lowest BCUT2D eigenvalue weighted by Gasteiger charge is -2.31. The van der Waals surface area contributed by atoms with Gasteiger partial charge in [0.05, 0.1) is 30.7 Å². The Bertz CT molecular complexity index is 847. The van der Waals surface area contributed by atoms with E-state index in [-0.39, 0.29) is 6.10 Å². The summed E-state index contributed by atoms with van der Waals surface area (Å²) in [5.74, 6) is 2.16. The van der Waals surface area contributed by atoms with Crippen LogP contribution in [-0.2, 0) is 4.74 Å². The molecule has 0 aromatic carbocycles. The van der Waals surface area contributed by atoms with Crippen LogP contribution in [0.3, 0.4) is 0 Å². The summed E-state index contributed by atoms with van der Waals surface area (Å²) in [4.78, 5) is 11.7. The number of fused-ring (bicyclic) bond motifs is 2. The first-order valence-corrected chi connectivity index (χ1v) is 10.3. The highest BCUT2D eigenvalue weighted by atomic mass is 16.5. The predicted octanol–water partition coefficient (Wildman–Crippen LogP) is 2.98. The van der Waals surface area contributed by atoms with Crippen molar-refractivity contribution in [1.29, 1.82) is 0 Å². The Morgan fingerprint density at radius 2 is 1.96 bits per heavy atom. The third kappa shape index (κ3) is 3.29. The summed E-state index contributed by atoms with van der Waals surface area (Å²) in [6.07, 6.45) is 5.89. The number of anilines is 3. The average molecular weight is 381 g/mol. The molecule has 2 N–H and O–H groups in total. The number of nitrogens with one attached hydrogen (secondary N) is 2. The number of rotatable bonds is 2. The van der Waals surface area contributed by atoms with Crippen LogP contribution >= 0.6 is 0 Å². The second-order valence-corrected chi connectivity index (χ2v) is 7.71. The molecule has 0 amide bonds. The summed E-state index contributed by atoms with van der Waals surface area (Å²) in [6.45, 7) is 7.47. The highest BCUT2D eigenvalue weighted by Gasteiger charge is 2.28. The molecule has 5 rings (SSSR count). The van der Waals surface area contributed by atoms with Crippen molar-refractivity contribution in [1.82, 2.24) is 15.3 Å². The number of pyridine rings is 2. The molecule has 0 spiro atoms. The molecule has 28 heavy (non-hydrogen) atoms. The lowest BCUT2D eigenvalue weighted by Crippen LogP contribution is -2.37. The van der Waals surface area contributed by atoms with Crippen molar-refractivity contribution in [3.63, 3.8) is 0 Å². The van der Waals surface area contributed by atoms with Gasteiger partial charge in [0, 0.05) is 36.6 Å². The fraction of sp³-hybridized carbons (Fsp3) is 0.524. The fourth-order valence-electron chi connectivity index (χ4n) is 4.41. The maximum absolute atomic E-state index is 6.32. The van der Waals surface area contributed by atoms with E-state index in [0.717, 1.165) is 80.7 Å². The molecule has 0 aliphatic carbocycles. The van der Waals surface area contributed by atoms with E-state index < -0.39 is 0 Å². The van der Waals surface area contributed by atoms with E-state index in [9.17, 15) is 0 Å². The Balaban J connectivity index is 1.49. The SMILES string of the molecule is CC1Oc2cnc(C3CCNCC3)cc2Nc2nccc(N3CCOCC3)c21. The summed E-state index contributed by atoms with van der Waals surface area (Å²) in [5, 5.41) is 6.96. The molecule has 2 saturated heterocycles. The molecular formula is C21H27N5O2. The molecule has 0 bridgehead atoms. The van der Waals surface area contributed by atoms with Crippen molar-refractivity contribution in [3.05, 3.63) is 35.8 Å². The molecule has 148 valence electrons. The number of nitrogens with zero attached hydrogens (tertiary/aromatic N) is 3. The van der Waals surface area contributed by atoms with Crippen LogP contribution in [0.5, 0.6) is 5.75 Å². The Hall–Kier alpha value is -2.38. The van der Waals surface area contributed by atoms with Gasteiger partial charge in [-0.1, -0.05) is 0 Å². The molecule has 0 radical (unpaired) electrons. The molecule has 2 fully saturated rings. The highest BCUT2D eigenvalue weighted by molar-refractivity contribution is 5.73. The standard InChI is InChI=1S/C21H27N5O2/c1-14-20-18(26-8-10-27-11-9-26)4-7-23-21(20)25-17-12-16(24-13-19(17)28-14)15-2-5-22-6-3-15/h4,7,12-15,22H,2-3,5-6,8-11H2,1H3,(H,23,25). The maximum Gasteiger partial charge on any atom is 0.161 e. The van der Waals surface area contributed by atoms with E-state index in [2.05, 4.69) is 39.6 Å². The fourth-order valence-corrected chi connectivity index (χ4v) is 4.41. The van der Waals surface area contributed by atoms with E-state index in [4.69, 9.17) is 14.5 Å². The zero-order chi connectivity index (χ0) is 18.9. The van der Waals surface area contributed by atoms with Crippen LogP contribution in [0.15, 0.2) is 24.5 Å². The first-order valence-electron chi connectivity index (χ1n) is 10.3. The summed E-state index contributed by atoms with van der Waals surface area (Å²) in [6, 6.07) is 4.23. The minimum atomic E-state index is -0.109. The summed E-state index contributed by atoms with van der Waals surface area (Å²) in [5.41, 5.74) is 4.37. The Morgan fingerprint density at radius 1 is 1.14 bits per heavy atom. The average Bonchev–Trinajstić information content (AvgIpc) is 2.90. The van der Waals surface area contributed by atoms with Crippen LogP contribution < -0.4 is 20.3 Å². The van der Waals surface area contributed by atoms with Crippen molar-refractivity contribution < 1.29 is 9.47 Å². The van der Waals surface area contributed by atoms with Crippen LogP contribution in [0.25, 0.3) is 0 Å². The summed E-state index contributed by atoms with van der Waals surface area (Å²) in [7, 11) is 0. The number of morpholine rings is 1. The lowest BCUT2D eigenvalue weighted by atomic mass is 9.94. The second-order valence-electron chi connectivity index (χ2n) is 7.71. The summed E-state index contributed by atoms with van der Waals surface area (Å²) < 4.78 is 11.8. The van der Waals surface area contributed by atoms with Gasteiger partial charge in [-0.05, 0) is 45.0 Å². The van der Waals surface area contributed by atoms with Gasteiger partial charge >= 0.3 is 0 Å².